The molecule has 86 valence electrons. The summed E-state index contributed by atoms with van der Waals surface area (Å²) in [7, 11) is 1.59. The van der Waals surface area contributed by atoms with Crippen molar-refractivity contribution in [3.63, 3.8) is 0 Å². The van der Waals surface area contributed by atoms with Crippen molar-refractivity contribution in [3.05, 3.63) is 29.6 Å². The van der Waals surface area contributed by atoms with Crippen LogP contribution in [0, 0.1) is 5.82 Å². The van der Waals surface area contributed by atoms with Crippen LogP contribution >= 0.6 is 0 Å². The first-order valence-corrected chi connectivity index (χ1v) is 4.52. The van der Waals surface area contributed by atoms with Crippen LogP contribution in [0.15, 0.2) is 18.2 Å². The number of carboxylic acid groups (broad SMARTS) is 1. The van der Waals surface area contributed by atoms with Crippen LogP contribution in [0.1, 0.15) is 10.4 Å². The fourth-order valence-electron chi connectivity index (χ4n) is 1.16. The smallest absolute Gasteiger partial charge is 0.337 e. The third-order valence-electron chi connectivity index (χ3n) is 1.82. The molecule has 0 aliphatic rings. The van der Waals surface area contributed by atoms with Crippen LogP contribution < -0.4 is 10.6 Å². The first kappa shape index (κ1) is 12.1. The number of benzene rings is 1. The van der Waals surface area contributed by atoms with Gasteiger partial charge in [0.2, 0.25) is 5.91 Å². The van der Waals surface area contributed by atoms with E-state index < -0.39 is 17.7 Å². The number of carbonyl (C=O) groups excluding carboxylic acids is 1. The minimum Gasteiger partial charge on any atom is -0.478 e. The molecule has 0 radical (unpaired) electrons. The minimum absolute atomic E-state index is 0.0520. The number of halogens is 1. The molecule has 3 N–H and O–H groups in total. The fraction of sp³-hybridized carbons (Fsp3) is 0.200. The number of hydrogen-bond acceptors (Lipinski definition) is 3. The third kappa shape index (κ3) is 3.03. The van der Waals surface area contributed by atoms with Crippen LogP contribution in [-0.4, -0.2) is 30.6 Å². The average molecular weight is 226 g/mol. The largest absolute Gasteiger partial charge is 0.478 e. The molecule has 0 atom stereocenters. The normalized spacial score (nSPS) is 9.88. The Labute approximate surface area is 91.3 Å². The lowest BCUT2D eigenvalue weighted by Gasteiger charge is -2.07. The van der Waals surface area contributed by atoms with Gasteiger partial charge in [0, 0.05) is 0 Å². The molecule has 6 heteroatoms. The topological polar surface area (TPSA) is 78.4 Å². The maximum Gasteiger partial charge on any atom is 0.337 e. The van der Waals surface area contributed by atoms with E-state index in [2.05, 4.69) is 10.6 Å². The summed E-state index contributed by atoms with van der Waals surface area (Å²) in [5.41, 5.74) is -0.196. The molecule has 0 saturated heterocycles. The molecule has 0 heterocycles. The molecule has 1 amide bonds. The third-order valence-corrected chi connectivity index (χ3v) is 1.82. The molecule has 0 fully saturated rings. The van der Waals surface area contributed by atoms with Crippen LogP contribution in [0.4, 0.5) is 10.1 Å². The first-order chi connectivity index (χ1) is 7.54. The summed E-state index contributed by atoms with van der Waals surface area (Å²) in [5, 5.41) is 13.8. The number of anilines is 1. The van der Waals surface area contributed by atoms with Crippen molar-refractivity contribution in [3.8, 4) is 0 Å². The van der Waals surface area contributed by atoms with Gasteiger partial charge in [-0.2, -0.15) is 0 Å². The summed E-state index contributed by atoms with van der Waals surface area (Å²) in [4.78, 5) is 22.0. The van der Waals surface area contributed by atoms with E-state index in [4.69, 9.17) is 5.11 Å². The molecule has 0 aliphatic carbocycles. The molecule has 1 rings (SSSR count). The molecule has 16 heavy (non-hydrogen) atoms. The number of amides is 1. The zero-order valence-electron chi connectivity index (χ0n) is 8.58. The van der Waals surface area contributed by atoms with Crippen molar-refractivity contribution >= 4 is 17.6 Å². The highest BCUT2D eigenvalue weighted by molar-refractivity contribution is 6.01. The maximum atomic E-state index is 12.8. The van der Waals surface area contributed by atoms with Crippen molar-refractivity contribution in [1.82, 2.24) is 5.32 Å². The van der Waals surface area contributed by atoms with Gasteiger partial charge >= 0.3 is 5.97 Å². The standard InChI is InChI=1S/C10H11FN2O3/c1-12-5-9(14)13-8-3-2-6(11)4-7(8)10(15)16/h2-4,12H,5H2,1H3,(H,13,14)(H,15,16). The van der Waals surface area contributed by atoms with Crippen LogP contribution in [0.25, 0.3) is 0 Å². The van der Waals surface area contributed by atoms with Gasteiger partial charge in [-0.05, 0) is 25.2 Å². The van der Waals surface area contributed by atoms with Gasteiger partial charge in [0.15, 0.2) is 0 Å². The van der Waals surface area contributed by atoms with Crippen LogP contribution in [0.2, 0.25) is 0 Å². The number of hydrogen-bond donors (Lipinski definition) is 3. The highest BCUT2D eigenvalue weighted by Gasteiger charge is 2.12. The highest BCUT2D eigenvalue weighted by Crippen LogP contribution is 2.16. The highest BCUT2D eigenvalue weighted by atomic mass is 19.1. The van der Waals surface area contributed by atoms with E-state index in [1.807, 2.05) is 0 Å². The van der Waals surface area contributed by atoms with E-state index >= 15 is 0 Å². The predicted octanol–water partition coefficient (Wildman–Crippen LogP) is 0.682. The Balaban J connectivity index is 2.95. The van der Waals surface area contributed by atoms with E-state index in [-0.39, 0.29) is 17.8 Å². The maximum absolute atomic E-state index is 12.8. The zero-order chi connectivity index (χ0) is 12.1. The molecule has 0 aromatic heterocycles. The zero-order valence-corrected chi connectivity index (χ0v) is 8.58. The van der Waals surface area contributed by atoms with E-state index in [1.54, 1.807) is 7.05 Å². The first-order valence-electron chi connectivity index (χ1n) is 4.52. The Morgan fingerprint density at radius 3 is 2.69 bits per heavy atom. The van der Waals surface area contributed by atoms with Crippen molar-refractivity contribution in [2.45, 2.75) is 0 Å². The minimum atomic E-state index is -1.29. The van der Waals surface area contributed by atoms with Gasteiger partial charge in [-0.1, -0.05) is 0 Å². The summed E-state index contributed by atoms with van der Waals surface area (Å²) in [6, 6.07) is 3.16. The molecular weight excluding hydrogens is 215 g/mol. The lowest BCUT2D eigenvalue weighted by Crippen LogP contribution is -2.25. The summed E-state index contributed by atoms with van der Waals surface area (Å²) < 4.78 is 12.8. The van der Waals surface area contributed by atoms with Crippen LogP contribution in [0.5, 0.6) is 0 Å². The van der Waals surface area contributed by atoms with Gasteiger partial charge < -0.3 is 15.7 Å². The van der Waals surface area contributed by atoms with Crippen molar-refractivity contribution in [2.24, 2.45) is 0 Å². The van der Waals surface area contributed by atoms with Crippen molar-refractivity contribution < 1.29 is 19.1 Å². The number of rotatable bonds is 4. The molecule has 0 saturated carbocycles. The van der Waals surface area contributed by atoms with E-state index in [9.17, 15) is 14.0 Å². The van der Waals surface area contributed by atoms with Gasteiger partial charge in [-0.3, -0.25) is 4.79 Å². The molecule has 5 nitrogen and oxygen atoms in total. The number of likely N-dealkylation sites (N-methyl/N-ethyl adjacent to an activating group) is 1. The summed E-state index contributed by atoms with van der Waals surface area (Å²) in [5.74, 6) is -2.35. The summed E-state index contributed by atoms with van der Waals surface area (Å²) >= 11 is 0. The number of carboxylic acids is 1. The summed E-state index contributed by atoms with van der Waals surface area (Å²) in [6.45, 7) is 0.0520. The van der Waals surface area contributed by atoms with Gasteiger partial charge in [-0.25, -0.2) is 9.18 Å². The lowest BCUT2D eigenvalue weighted by molar-refractivity contribution is -0.115. The second-order valence-electron chi connectivity index (χ2n) is 3.07. The van der Waals surface area contributed by atoms with E-state index in [0.717, 1.165) is 12.1 Å². The summed E-state index contributed by atoms with van der Waals surface area (Å²) in [6.07, 6.45) is 0. The van der Waals surface area contributed by atoms with Crippen molar-refractivity contribution in [1.29, 1.82) is 0 Å². The molecule has 0 bridgehead atoms. The van der Waals surface area contributed by atoms with Gasteiger partial charge in [0.05, 0.1) is 17.8 Å². The lowest BCUT2D eigenvalue weighted by atomic mass is 10.1. The molecule has 1 aromatic carbocycles. The van der Waals surface area contributed by atoms with E-state index in [1.165, 1.54) is 6.07 Å². The number of aromatic carboxylic acids is 1. The molecule has 0 unspecified atom stereocenters. The van der Waals surface area contributed by atoms with Gasteiger partial charge in [-0.15, -0.1) is 0 Å². The van der Waals surface area contributed by atoms with Gasteiger partial charge in [0.25, 0.3) is 0 Å². The Kier molecular flexibility index (Phi) is 3.96. The number of carbonyl (C=O) groups is 2. The van der Waals surface area contributed by atoms with E-state index in [0.29, 0.717) is 0 Å². The SMILES string of the molecule is CNCC(=O)Nc1ccc(F)cc1C(=O)O. The number of nitrogens with one attached hydrogen (secondary N) is 2. The monoisotopic (exact) mass is 226 g/mol. The Morgan fingerprint density at radius 2 is 2.12 bits per heavy atom. The Bertz CT molecular complexity index is 421. The second kappa shape index (κ2) is 5.22. The van der Waals surface area contributed by atoms with Crippen LogP contribution in [0.3, 0.4) is 0 Å². The Morgan fingerprint density at radius 1 is 1.44 bits per heavy atom. The van der Waals surface area contributed by atoms with Crippen molar-refractivity contribution in [2.75, 3.05) is 18.9 Å². The Hall–Kier alpha value is -1.95. The molecular formula is C10H11FN2O3. The van der Waals surface area contributed by atoms with Gasteiger partial charge in [0.1, 0.15) is 5.82 Å². The molecule has 0 spiro atoms. The predicted molar refractivity (Wildman–Crippen MR) is 55.9 cm³/mol. The molecule has 1 aromatic rings. The molecule has 0 aliphatic heterocycles. The second-order valence-corrected chi connectivity index (χ2v) is 3.07. The quantitative estimate of drug-likeness (QED) is 0.705. The van der Waals surface area contributed by atoms with Crippen LogP contribution in [-0.2, 0) is 4.79 Å². The average Bonchev–Trinajstić information content (AvgIpc) is 2.20. The fourth-order valence-corrected chi connectivity index (χ4v) is 1.16.